The second-order valence-electron chi connectivity index (χ2n) is 10.8. The molecular weight excluding hydrogens is 512 g/mol. The van der Waals surface area contributed by atoms with E-state index < -0.39 is 0 Å². The third kappa shape index (κ3) is 5.11. The van der Waals surface area contributed by atoms with Gasteiger partial charge in [0, 0.05) is 42.1 Å². The van der Waals surface area contributed by atoms with Crippen molar-refractivity contribution < 1.29 is 0 Å². The van der Waals surface area contributed by atoms with E-state index in [1.165, 1.54) is 22.1 Å². The van der Waals surface area contributed by atoms with Crippen LogP contribution in [0.5, 0.6) is 0 Å². The number of hydrogen-bond acceptors (Lipinski definition) is 4. The van der Waals surface area contributed by atoms with E-state index in [0.29, 0.717) is 17.5 Å². The average molecular weight is 543 g/mol. The average Bonchev–Trinajstić information content (AvgIpc) is 3.06. The number of rotatable bonds is 5. The Hall–Kier alpha value is -5.35. The number of likely N-dealkylation sites (N-methyl/N-ethyl adjacent to an activating group) is 1. The van der Waals surface area contributed by atoms with Crippen molar-refractivity contribution in [2.75, 3.05) is 13.6 Å². The maximum Gasteiger partial charge on any atom is 0.164 e. The Morgan fingerprint density at radius 2 is 1.05 bits per heavy atom. The maximum absolute atomic E-state index is 5.02. The normalized spacial score (nSPS) is 13.1. The van der Waals surface area contributed by atoms with Crippen molar-refractivity contribution in [2.24, 2.45) is 0 Å². The Balaban J connectivity index is 1.35. The number of allylic oxidation sites excluding steroid dienone is 2. The van der Waals surface area contributed by atoms with Crippen LogP contribution < -0.4 is 0 Å². The van der Waals surface area contributed by atoms with E-state index in [4.69, 9.17) is 15.0 Å². The first-order chi connectivity index (χ1) is 20.6. The molecule has 1 aromatic heterocycles. The van der Waals surface area contributed by atoms with Crippen LogP contribution in [0.25, 0.3) is 61.6 Å². The molecule has 4 nitrogen and oxygen atoms in total. The zero-order valence-corrected chi connectivity index (χ0v) is 23.7. The van der Waals surface area contributed by atoms with Gasteiger partial charge in [-0.05, 0) is 52.1 Å². The molecule has 0 radical (unpaired) electrons. The van der Waals surface area contributed by atoms with E-state index in [1.54, 1.807) is 0 Å². The van der Waals surface area contributed by atoms with Gasteiger partial charge in [-0.15, -0.1) is 0 Å². The topological polar surface area (TPSA) is 41.9 Å². The van der Waals surface area contributed by atoms with Gasteiger partial charge in [-0.2, -0.15) is 0 Å². The van der Waals surface area contributed by atoms with Crippen molar-refractivity contribution in [3.8, 4) is 45.3 Å². The Labute approximate surface area is 246 Å². The van der Waals surface area contributed by atoms with Gasteiger partial charge in [0.25, 0.3) is 0 Å². The quantitative estimate of drug-likeness (QED) is 0.218. The summed E-state index contributed by atoms with van der Waals surface area (Å²) in [5.41, 5.74) is 8.85. The lowest BCUT2D eigenvalue weighted by Gasteiger charge is -2.22. The summed E-state index contributed by atoms with van der Waals surface area (Å²) in [6.07, 6.45) is 4.47. The maximum atomic E-state index is 5.02. The molecule has 0 bridgehead atoms. The molecule has 0 saturated heterocycles. The second kappa shape index (κ2) is 10.9. The van der Waals surface area contributed by atoms with Crippen LogP contribution in [-0.4, -0.2) is 33.4 Å². The number of nitrogens with zero attached hydrogens (tertiary/aromatic N) is 4. The molecule has 2 heterocycles. The lowest BCUT2D eigenvalue weighted by Crippen LogP contribution is -2.15. The van der Waals surface area contributed by atoms with E-state index in [2.05, 4.69) is 146 Å². The minimum Gasteiger partial charge on any atom is -0.376 e. The standard InChI is InChI=1S/C38H30N4/c1-26-21-22-42(2)25-35(26)32-13-8-14-33(24-32)37-39-36(30-18-15-29(16-19-30)27-9-4-3-5-10-27)40-38(41-37)34-20-17-28-11-6-7-12-31(28)23-34/h3-21,23-25H,22H2,1-2H3. The van der Waals surface area contributed by atoms with Crippen LogP contribution in [-0.2, 0) is 0 Å². The smallest absolute Gasteiger partial charge is 0.164 e. The molecule has 6 aromatic rings. The van der Waals surface area contributed by atoms with Crippen LogP contribution in [0.15, 0.2) is 139 Å². The van der Waals surface area contributed by atoms with Crippen LogP contribution in [0, 0.1) is 0 Å². The van der Waals surface area contributed by atoms with Crippen LogP contribution in [0.3, 0.4) is 0 Å². The van der Waals surface area contributed by atoms with Gasteiger partial charge in [0.1, 0.15) is 0 Å². The lowest BCUT2D eigenvalue weighted by atomic mass is 9.96. The van der Waals surface area contributed by atoms with Gasteiger partial charge in [0.15, 0.2) is 17.5 Å². The number of aromatic nitrogens is 3. The molecule has 1 aliphatic rings. The molecule has 5 aromatic carbocycles. The summed E-state index contributed by atoms with van der Waals surface area (Å²) in [7, 11) is 2.10. The fraction of sp³-hybridized carbons (Fsp3) is 0.0789. The minimum absolute atomic E-state index is 0.654. The summed E-state index contributed by atoms with van der Waals surface area (Å²) in [6, 6.07) is 42.1. The Morgan fingerprint density at radius 1 is 0.500 bits per heavy atom. The largest absolute Gasteiger partial charge is 0.376 e. The highest BCUT2D eigenvalue weighted by Crippen LogP contribution is 2.31. The summed E-state index contributed by atoms with van der Waals surface area (Å²) in [6.45, 7) is 3.09. The minimum atomic E-state index is 0.654. The third-order valence-electron chi connectivity index (χ3n) is 7.78. The van der Waals surface area contributed by atoms with Gasteiger partial charge in [-0.25, -0.2) is 15.0 Å². The van der Waals surface area contributed by atoms with Crippen molar-refractivity contribution in [3.05, 3.63) is 145 Å². The van der Waals surface area contributed by atoms with Crippen molar-refractivity contribution in [2.45, 2.75) is 6.92 Å². The highest BCUT2D eigenvalue weighted by Gasteiger charge is 2.15. The molecule has 202 valence electrons. The van der Waals surface area contributed by atoms with Crippen LogP contribution in [0.2, 0.25) is 0 Å². The molecule has 0 amide bonds. The molecule has 0 N–H and O–H groups in total. The van der Waals surface area contributed by atoms with Gasteiger partial charge < -0.3 is 4.90 Å². The zero-order valence-electron chi connectivity index (χ0n) is 23.7. The van der Waals surface area contributed by atoms with E-state index in [-0.39, 0.29) is 0 Å². The SMILES string of the molecule is CC1=CCN(C)C=C1c1cccc(-c2nc(-c3ccc(-c4ccccc4)cc3)nc(-c3ccc4ccccc4c3)n2)c1. The highest BCUT2D eigenvalue weighted by molar-refractivity contribution is 5.87. The van der Waals surface area contributed by atoms with Crippen molar-refractivity contribution in [1.29, 1.82) is 0 Å². The Morgan fingerprint density at radius 3 is 1.81 bits per heavy atom. The predicted molar refractivity (Wildman–Crippen MR) is 173 cm³/mol. The van der Waals surface area contributed by atoms with Crippen molar-refractivity contribution in [1.82, 2.24) is 19.9 Å². The van der Waals surface area contributed by atoms with Gasteiger partial charge in [0.05, 0.1) is 0 Å². The van der Waals surface area contributed by atoms with Crippen LogP contribution in [0.4, 0.5) is 0 Å². The van der Waals surface area contributed by atoms with E-state index in [1.807, 2.05) is 6.07 Å². The summed E-state index contributed by atoms with van der Waals surface area (Å²) >= 11 is 0. The van der Waals surface area contributed by atoms with Gasteiger partial charge in [-0.3, -0.25) is 0 Å². The molecule has 0 saturated carbocycles. The molecule has 0 atom stereocenters. The van der Waals surface area contributed by atoms with Gasteiger partial charge in [0.2, 0.25) is 0 Å². The summed E-state index contributed by atoms with van der Waals surface area (Å²) in [4.78, 5) is 17.2. The van der Waals surface area contributed by atoms with Crippen molar-refractivity contribution >= 4 is 16.3 Å². The van der Waals surface area contributed by atoms with Crippen LogP contribution in [0.1, 0.15) is 12.5 Å². The fourth-order valence-electron chi connectivity index (χ4n) is 5.43. The summed E-state index contributed by atoms with van der Waals surface area (Å²) < 4.78 is 0. The van der Waals surface area contributed by atoms with E-state index in [9.17, 15) is 0 Å². The van der Waals surface area contributed by atoms with Gasteiger partial charge >= 0.3 is 0 Å². The molecule has 0 unspecified atom stereocenters. The lowest BCUT2D eigenvalue weighted by molar-refractivity contribution is 0.505. The van der Waals surface area contributed by atoms with E-state index in [0.717, 1.165) is 39.7 Å². The molecule has 42 heavy (non-hydrogen) atoms. The highest BCUT2D eigenvalue weighted by atomic mass is 15.1. The van der Waals surface area contributed by atoms with Crippen molar-refractivity contribution in [3.63, 3.8) is 0 Å². The monoisotopic (exact) mass is 542 g/mol. The Kier molecular flexibility index (Phi) is 6.65. The molecule has 0 spiro atoms. The Bertz CT molecular complexity index is 1970. The third-order valence-corrected chi connectivity index (χ3v) is 7.78. The fourth-order valence-corrected chi connectivity index (χ4v) is 5.43. The van der Waals surface area contributed by atoms with Crippen LogP contribution >= 0.6 is 0 Å². The van der Waals surface area contributed by atoms with E-state index >= 15 is 0 Å². The number of fused-ring (bicyclic) bond motifs is 1. The zero-order chi connectivity index (χ0) is 28.5. The first kappa shape index (κ1) is 25.6. The second-order valence-corrected chi connectivity index (χ2v) is 10.8. The number of hydrogen-bond donors (Lipinski definition) is 0. The van der Waals surface area contributed by atoms with Gasteiger partial charge in [-0.1, -0.05) is 115 Å². The molecular formula is C38H30N4. The molecule has 0 aliphatic carbocycles. The first-order valence-electron chi connectivity index (χ1n) is 14.2. The molecule has 1 aliphatic heterocycles. The molecule has 4 heteroatoms. The summed E-state index contributed by atoms with van der Waals surface area (Å²) in [5, 5.41) is 2.34. The predicted octanol–water partition coefficient (Wildman–Crippen LogP) is 8.93. The molecule has 7 rings (SSSR count). The number of benzene rings is 5. The summed E-state index contributed by atoms with van der Waals surface area (Å²) in [5.74, 6) is 1.97. The first-order valence-corrected chi connectivity index (χ1v) is 14.2. The molecule has 0 fully saturated rings.